The number of carbonyl (C=O) groups excluding carboxylic acids is 1. The van der Waals surface area contributed by atoms with Gasteiger partial charge in [0.25, 0.3) is 5.91 Å². The summed E-state index contributed by atoms with van der Waals surface area (Å²) in [6.45, 7) is 2.42. The lowest BCUT2D eigenvalue weighted by Gasteiger charge is -2.26. The summed E-state index contributed by atoms with van der Waals surface area (Å²) in [6, 6.07) is 15.3. The molecule has 0 unspecified atom stereocenters. The van der Waals surface area contributed by atoms with E-state index in [9.17, 15) is 4.79 Å². The molecule has 0 saturated carbocycles. The molecule has 5 rings (SSSR count). The minimum absolute atomic E-state index is 0.0275. The summed E-state index contributed by atoms with van der Waals surface area (Å²) in [4.78, 5) is 23.5. The summed E-state index contributed by atoms with van der Waals surface area (Å²) >= 11 is 0. The van der Waals surface area contributed by atoms with Crippen LogP contribution in [0.5, 0.6) is 5.75 Å². The Morgan fingerprint density at radius 3 is 2.53 bits per heavy atom. The maximum Gasteiger partial charge on any atom is 0.254 e. The van der Waals surface area contributed by atoms with Gasteiger partial charge in [0.15, 0.2) is 5.65 Å². The second-order valence-corrected chi connectivity index (χ2v) is 7.45. The fourth-order valence-corrected chi connectivity index (χ4v) is 3.76. The summed E-state index contributed by atoms with van der Waals surface area (Å²) in [7, 11) is 1.64. The highest BCUT2D eigenvalue weighted by molar-refractivity contribution is 5.94. The molecule has 0 radical (unpaired) electrons. The van der Waals surface area contributed by atoms with Gasteiger partial charge in [-0.05, 0) is 48.5 Å². The Balaban J connectivity index is 1.45. The molecule has 0 spiro atoms. The molecule has 1 aliphatic rings. The Morgan fingerprint density at radius 2 is 1.81 bits per heavy atom. The first kappa shape index (κ1) is 20.0. The second-order valence-electron chi connectivity index (χ2n) is 7.45. The van der Waals surface area contributed by atoms with Crippen LogP contribution < -0.4 is 10.1 Å². The van der Waals surface area contributed by atoms with Crippen molar-refractivity contribution in [1.29, 1.82) is 0 Å². The zero-order valence-electron chi connectivity index (χ0n) is 17.7. The molecule has 1 saturated heterocycles. The second kappa shape index (κ2) is 8.68. The van der Waals surface area contributed by atoms with E-state index in [2.05, 4.69) is 10.3 Å². The highest BCUT2D eigenvalue weighted by Gasteiger charge is 2.19. The van der Waals surface area contributed by atoms with E-state index in [-0.39, 0.29) is 5.91 Å². The molecule has 1 amide bonds. The third-order valence-corrected chi connectivity index (χ3v) is 5.49. The Bertz CT molecular complexity index is 1230. The number of nitrogens with zero attached hydrogens (tertiary/aromatic N) is 4. The monoisotopic (exact) mass is 429 g/mol. The molecular formula is C24H23N5O3. The van der Waals surface area contributed by atoms with Crippen molar-refractivity contribution in [2.24, 2.45) is 0 Å². The van der Waals surface area contributed by atoms with E-state index in [0.29, 0.717) is 31.9 Å². The van der Waals surface area contributed by atoms with E-state index in [1.165, 1.54) is 0 Å². The highest BCUT2D eigenvalue weighted by atomic mass is 16.5. The van der Waals surface area contributed by atoms with Crippen molar-refractivity contribution in [3.63, 3.8) is 0 Å². The maximum atomic E-state index is 12.7. The van der Waals surface area contributed by atoms with Gasteiger partial charge in [-0.2, -0.15) is 0 Å². The van der Waals surface area contributed by atoms with Gasteiger partial charge in [-0.3, -0.25) is 14.2 Å². The molecular weight excluding hydrogens is 406 g/mol. The summed E-state index contributed by atoms with van der Waals surface area (Å²) in [5, 5.41) is 3.46. The van der Waals surface area contributed by atoms with Crippen LogP contribution in [-0.2, 0) is 4.74 Å². The zero-order valence-corrected chi connectivity index (χ0v) is 17.7. The first-order chi connectivity index (χ1) is 15.7. The number of nitrogens with one attached hydrogen (secondary N) is 1. The topological polar surface area (TPSA) is 81.0 Å². The van der Waals surface area contributed by atoms with Gasteiger partial charge in [0.1, 0.15) is 17.3 Å². The first-order valence-electron chi connectivity index (χ1n) is 10.4. The Labute approximate surface area is 185 Å². The van der Waals surface area contributed by atoms with Crippen LogP contribution >= 0.6 is 0 Å². The molecule has 2 aromatic carbocycles. The van der Waals surface area contributed by atoms with E-state index in [4.69, 9.17) is 14.5 Å². The molecule has 0 bridgehead atoms. The van der Waals surface area contributed by atoms with Crippen molar-refractivity contribution in [2.75, 3.05) is 38.7 Å². The highest BCUT2D eigenvalue weighted by Crippen LogP contribution is 2.32. The van der Waals surface area contributed by atoms with Crippen molar-refractivity contribution >= 4 is 23.1 Å². The SMILES string of the molecule is COc1ccc(-c2nc3cnccn3c2Nc2ccc(C(=O)N3CCOCC3)cc2)cc1. The summed E-state index contributed by atoms with van der Waals surface area (Å²) in [5.41, 5.74) is 4.01. The molecule has 4 aromatic rings. The van der Waals surface area contributed by atoms with Gasteiger partial charge in [0.2, 0.25) is 0 Å². The van der Waals surface area contributed by atoms with Crippen LogP contribution in [0.4, 0.5) is 11.5 Å². The molecule has 3 heterocycles. The van der Waals surface area contributed by atoms with Gasteiger partial charge in [0.05, 0.1) is 26.5 Å². The van der Waals surface area contributed by atoms with Crippen LogP contribution in [0, 0.1) is 0 Å². The van der Waals surface area contributed by atoms with Gasteiger partial charge in [-0.15, -0.1) is 0 Å². The molecule has 0 aliphatic carbocycles. The number of benzene rings is 2. The van der Waals surface area contributed by atoms with Gasteiger partial charge in [0, 0.05) is 42.3 Å². The van der Waals surface area contributed by atoms with Crippen LogP contribution in [0.2, 0.25) is 0 Å². The lowest BCUT2D eigenvalue weighted by Crippen LogP contribution is -2.40. The number of hydrogen-bond acceptors (Lipinski definition) is 6. The molecule has 8 heteroatoms. The summed E-state index contributed by atoms with van der Waals surface area (Å²) in [5.74, 6) is 1.63. The van der Waals surface area contributed by atoms with Crippen molar-refractivity contribution in [1.82, 2.24) is 19.3 Å². The van der Waals surface area contributed by atoms with Gasteiger partial charge >= 0.3 is 0 Å². The quantitative estimate of drug-likeness (QED) is 0.522. The van der Waals surface area contributed by atoms with Crippen LogP contribution in [0.1, 0.15) is 10.4 Å². The average Bonchev–Trinajstić information content (AvgIpc) is 3.23. The number of rotatable bonds is 5. The molecule has 162 valence electrons. The van der Waals surface area contributed by atoms with E-state index in [1.807, 2.05) is 64.0 Å². The molecule has 8 nitrogen and oxygen atoms in total. The van der Waals surface area contributed by atoms with Crippen molar-refractivity contribution in [3.05, 3.63) is 72.7 Å². The normalized spacial score (nSPS) is 13.8. The zero-order chi connectivity index (χ0) is 21.9. The van der Waals surface area contributed by atoms with Crippen LogP contribution in [0.15, 0.2) is 67.1 Å². The lowest BCUT2D eigenvalue weighted by atomic mass is 10.1. The average molecular weight is 429 g/mol. The fourth-order valence-electron chi connectivity index (χ4n) is 3.76. The smallest absolute Gasteiger partial charge is 0.254 e. The molecule has 0 atom stereocenters. The number of amides is 1. The Kier molecular flexibility index (Phi) is 5.43. The molecule has 2 aromatic heterocycles. The van der Waals surface area contributed by atoms with Crippen LogP contribution in [0.3, 0.4) is 0 Å². The van der Waals surface area contributed by atoms with Crippen LogP contribution in [0.25, 0.3) is 16.9 Å². The largest absolute Gasteiger partial charge is 0.497 e. The molecule has 1 aliphatic heterocycles. The summed E-state index contributed by atoms with van der Waals surface area (Å²) < 4.78 is 12.6. The molecule has 1 N–H and O–H groups in total. The number of carbonyl (C=O) groups is 1. The van der Waals surface area contributed by atoms with Gasteiger partial charge in [-0.1, -0.05) is 0 Å². The number of anilines is 2. The predicted molar refractivity (Wildman–Crippen MR) is 121 cm³/mol. The van der Waals surface area contributed by atoms with Crippen molar-refractivity contribution in [3.8, 4) is 17.0 Å². The number of methoxy groups -OCH3 is 1. The van der Waals surface area contributed by atoms with E-state index >= 15 is 0 Å². The number of ether oxygens (including phenoxy) is 2. The van der Waals surface area contributed by atoms with E-state index in [1.54, 1.807) is 19.5 Å². The van der Waals surface area contributed by atoms with E-state index in [0.717, 1.165) is 34.2 Å². The number of fused-ring (bicyclic) bond motifs is 1. The van der Waals surface area contributed by atoms with Crippen molar-refractivity contribution < 1.29 is 14.3 Å². The number of aromatic nitrogens is 3. The Hall–Kier alpha value is -3.91. The van der Waals surface area contributed by atoms with Crippen LogP contribution in [-0.4, -0.2) is 58.6 Å². The standard InChI is InChI=1S/C24H23N5O3/c1-31-20-8-4-17(5-9-20)22-23(29-11-10-25-16-21(29)27-22)26-19-6-2-18(3-7-19)24(30)28-12-14-32-15-13-28/h2-11,16,26H,12-15H2,1H3. The van der Waals surface area contributed by atoms with E-state index < -0.39 is 0 Å². The minimum atomic E-state index is 0.0275. The first-order valence-corrected chi connectivity index (χ1v) is 10.4. The number of imidazole rings is 1. The fraction of sp³-hybridized carbons (Fsp3) is 0.208. The lowest BCUT2D eigenvalue weighted by molar-refractivity contribution is 0.0303. The van der Waals surface area contributed by atoms with Gasteiger partial charge < -0.3 is 19.7 Å². The number of hydrogen-bond donors (Lipinski definition) is 1. The van der Waals surface area contributed by atoms with Gasteiger partial charge in [-0.25, -0.2) is 4.98 Å². The maximum absolute atomic E-state index is 12.7. The molecule has 1 fully saturated rings. The third-order valence-electron chi connectivity index (χ3n) is 5.49. The minimum Gasteiger partial charge on any atom is -0.497 e. The molecule has 32 heavy (non-hydrogen) atoms. The van der Waals surface area contributed by atoms with Crippen molar-refractivity contribution in [2.45, 2.75) is 0 Å². The predicted octanol–water partition coefficient (Wildman–Crippen LogP) is 3.62. The summed E-state index contributed by atoms with van der Waals surface area (Å²) in [6.07, 6.45) is 5.32. The number of morpholine rings is 1. The third kappa shape index (κ3) is 3.88. The Morgan fingerprint density at radius 1 is 1.06 bits per heavy atom.